The van der Waals surface area contributed by atoms with Crippen LogP contribution in [-0.4, -0.2) is 34.3 Å². The van der Waals surface area contributed by atoms with Gasteiger partial charge in [-0.2, -0.15) is 0 Å². The Labute approximate surface area is 110 Å². The predicted molar refractivity (Wildman–Crippen MR) is 69.8 cm³/mol. The average Bonchev–Trinajstić information content (AvgIpc) is 2.37. The molecule has 0 aliphatic rings. The van der Waals surface area contributed by atoms with Gasteiger partial charge >= 0.3 is 5.97 Å². The van der Waals surface area contributed by atoms with Crippen LogP contribution in [0.3, 0.4) is 0 Å². The number of carbonyl (C=O) groups excluding carboxylic acids is 1. The van der Waals surface area contributed by atoms with Crippen LogP contribution in [-0.2, 0) is 4.79 Å². The van der Waals surface area contributed by atoms with Crippen molar-refractivity contribution < 1.29 is 14.7 Å². The molecule has 1 rings (SSSR count). The number of thioether (sulfide) groups is 1. The van der Waals surface area contributed by atoms with Crippen LogP contribution < -0.4 is 5.32 Å². The second-order valence-electron chi connectivity index (χ2n) is 3.71. The van der Waals surface area contributed by atoms with Gasteiger partial charge in [0, 0.05) is 6.20 Å². The summed E-state index contributed by atoms with van der Waals surface area (Å²) in [4.78, 5) is 27.0. The summed E-state index contributed by atoms with van der Waals surface area (Å²) in [6, 6.07) is 2.45. The number of carboxylic acid groups (broad SMARTS) is 1. The van der Waals surface area contributed by atoms with Crippen LogP contribution in [0.5, 0.6) is 0 Å². The Morgan fingerprint density at radius 2 is 2.28 bits per heavy atom. The van der Waals surface area contributed by atoms with Crippen LogP contribution in [0.15, 0.2) is 23.4 Å². The highest BCUT2D eigenvalue weighted by Gasteiger charge is 2.21. The molecule has 2 N–H and O–H groups in total. The molecule has 0 saturated heterocycles. The number of nitrogens with one attached hydrogen (secondary N) is 1. The van der Waals surface area contributed by atoms with Gasteiger partial charge in [0.25, 0.3) is 5.91 Å². The normalized spacial score (nSPS) is 11.9. The van der Waals surface area contributed by atoms with E-state index in [0.717, 1.165) is 0 Å². The highest BCUT2D eigenvalue weighted by atomic mass is 32.2. The number of carboxylic acids is 1. The Kier molecular flexibility index (Phi) is 5.64. The lowest BCUT2D eigenvalue weighted by Crippen LogP contribution is -2.40. The molecule has 0 aliphatic carbocycles. The molecule has 1 aromatic heterocycles. The number of amides is 1. The SMILES string of the molecule is CCC[C@@H](NC(=O)c1cccnc1SC)C(=O)O. The molecule has 0 spiro atoms. The molecule has 1 heterocycles. The van der Waals surface area contributed by atoms with Crippen LogP contribution in [0.2, 0.25) is 0 Å². The topological polar surface area (TPSA) is 79.3 Å². The number of rotatable bonds is 6. The minimum absolute atomic E-state index is 0.395. The van der Waals surface area contributed by atoms with E-state index in [-0.39, 0.29) is 0 Å². The fourth-order valence-corrected chi connectivity index (χ4v) is 2.06. The number of nitrogens with zero attached hydrogens (tertiary/aromatic N) is 1. The van der Waals surface area contributed by atoms with E-state index in [2.05, 4.69) is 10.3 Å². The predicted octanol–water partition coefficient (Wildman–Crippen LogP) is 1.79. The van der Waals surface area contributed by atoms with Crippen molar-refractivity contribution >= 4 is 23.6 Å². The summed E-state index contributed by atoms with van der Waals surface area (Å²) in [7, 11) is 0. The summed E-state index contributed by atoms with van der Waals surface area (Å²) in [5, 5.41) is 12.1. The molecule has 0 aliphatic heterocycles. The third-order valence-corrected chi connectivity index (χ3v) is 3.10. The van der Waals surface area contributed by atoms with Crippen molar-refractivity contribution in [2.75, 3.05) is 6.26 Å². The fourth-order valence-electron chi connectivity index (χ4n) is 1.51. The highest BCUT2D eigenvalue weighted by molar-refractivity contribution is 7.98. The van der Waals surface area contributed by atoms with E-state index in [4.69, 9.17) is 5.11 Å². The van der Waals surface area contributed by atoms with Crippen molar-refractivity contribution in [1.29, 1.82) is 0 Å². The van der Waals surface area contributed by atoms with E-state index < -0.39 is 17.9 Å². The van der Waals surface area contributed by atoms with Gasteiger partial charge in [-0.25, -0.2) is 9.78 Å². The summed E-state index contributed by atoms with van der Waals surface area (Å²) >= 11 is 1.35. The first-order valence-electron chi connectivity index (χ1n) is 5.62. The van der Waals surface area contributed by atoms with Crippen LogP contribution >= 0.6 is 11.8 Å². The van der Waals surface area contributed by atoms with Crippen LogP contribution in [0.4, 0.5) is 0 Å². The van der Waals surface area contributed by atoms with E-state index in [1.54, 1.807) is 18.3 Å². The molecule has 5 nitrogen and oxygen atoms in total. The number of hydrogen-bond donors (Lipinski definition) is 2. The molecule has 6 heteroatoms. The maximum Gasteiger partial charge on any atom is 0.326 e. The fraction of sp³-hybridized carbons (Fsp3) is 0.417. The zero-order chi connectivity index (χ0) is 13.5. The Balaban J connectivity index is 2.83. The van der Waals surface area contributed by atoms with E-state index in [0.29, 0.717) is 23.4 Å². The summed E-state index contributed by atoms with van der Waals surface area (Å²) in [6.45, 7) is 1.87. The van der Waals surface area contributed by atoms with Crippen molar-refractivity contribution in [3.8, 4) is 0 Å². The Morgan fingerprint density at radius 1 is 1.56 bits per heavy atom. The van der Waals surface area contributed by atoms with Gasteiger partial charge in [-0.1, -0.05) is 13.3 Å². The standard InChI is InChI=1S/C12H16N2O3S/c1-3-5-9(12(16)17)14-10(15)8-6-4-7-13-11(8)18-2/h4,6-7,9H,3,5H2,1-2H3,(H,14,15)(H,16,17)/t9-/m1/s1. The summed E-state index contributed by atoms with van der Waals surface area (Å²) in [6.07, 6.45) is 4.53. The molecule has 18 heavy (non-hydrogen) atoms. The molecule has 0 fully saturated rings. The van der Waals surface area contributed by atoms with Crippen LogP contribution in [0.1, 0.15) is 30.1 Å². The van der Waals surface area contributed by atoms with Gasteiger partial charge in [0.1, 0.15) is 11.1 Å². The Hall–Kier alpha value is -1.56. The van der Waals surface area contributed by atoms with Gasteiger partial charge in [-0.3, -0.25) is 4.79 Å². The number of aliphatic carboxylic acids is 1. The third-order valence-electron chi connectivity index (χ3n) is 2.39. The number of aromatic nitrogens is 1. The zero-order valence-electron chi connectivity index (χ0n) is 10.3. The zero-order valence-corrected chi connectivity index (χ0v) is 11.2. The molecule has 0 radical (unpaired) electrons. The molecule has 0 saturated carbocycles. The van der Waals surface area contributed by atoms with Gasteiger partial charge in [-0.15, -0.1) is 11.8 Å². The van der Waals surface area contributed by atoms with E-state index >= 15 is 0 Å². The minimum atomic E-state index is -1.01. The van der Waals surface area contributed by atoms with Gasteiger partial charge in [0.15, 0.2) is 0 Å². The van der Waals surface area contributed by atoms with Gasteiger partial charge < -0.3 is 10.4 Å². The first-order valence-corrected chi connectivity index (χ1v) is 6.85. The average molecular weight is 268 g/mol. The van der Waals surface area contributed by atoms with E-state index in [1.807, 2.05) is 13.2 Å². The lowest BCUT2D eigenvalue weighted by molar-refractivity contribution is -0.139. The molecule has 1 amide bonds. The van der Waals surface area contributed by atoms with Crippen molar-refractivity contribution in [2.24, 2.45) is 0 Å². The van der Waals surface area contributed by atoms with Gasteiger partial charge in [0.05, 0.1) is 5.56 Å². The molecule has 98 valence electrons. The maximum atomic E-state index is 12.0. The number of pyridine rings is 1. The quantitative estimate of drug-likeness (QED) is 0.769. The Morgan fingerprint density at radius 3 is 2.83 bits per heavy atom. The summed E-state index contributed by atoms with van der Waals surface area (Å²) in [5.74, 6) is -1.41. The van der Waals surface area contributed by atoms with Gasteiger partial charge in [0.2, 0.25) is 0 Å². The van der Waals surface area contributed by atoms with Crippen molar-refractivity contribution in [3.63, 3.8) is 0 Å². The van der Waals surface area contributed by atoms with Crippen molar-refractivity contribution in [1.82, 2.24) is 10.3 Å². The number of carbonyl (C=O) groups is 2. The first-order chi connectivity index (χ1) is 8.60. The van der Waals surface area contributed by atoms with Crippen LogP contribution in [0, 0.1) is 0 Å². The lowest BCUT2D eigenvalue weighted by Gasteiger charge is -2.14. The van der Waals surface area contributed by atoms with Crippen molar-refractivity contribution in [3.05, 3.63) is 23.9 Å². The Bertz CT molecular complexity index is 437. The molecule has 1 aromatic rings. The second kappa shape index (κ2) is 7.00. The molecule has 0 bridgehead atoms. The second-order valence-corrected chi connectivity index (χ2v) is 4.51. The first kappa shape index (κ1) is 14.5. The van der Waals surface area contributed by atoms with E-state index in [9.17, 15) is 9.59 Å². The lowest BCUT2D eigenvalue weighted by atomic mass is 10.1. The molecular formula is C12H16N2O3S. The number of hydrogen-bond acceptors (Lipinski definition) is 4. The molecule has 0 unspecified atom stereocenters. The molecule has 0 aromatic carbocycles. The maximum absolute atomic E-state index is 12.0. The highest BCUT2D eigenvalue weighted by Crippen LogP contribution is 2.16. The molecular weight excluding hydrogens is 252 g/mol. The summed E-state index contributed by atoms with van der Waals surface area (Å²) < 4.78 is 0. The van der Waals surface area contributed by atoms with Crippen LogP contribution in [0.25, 0.3) is 0 Å². The van der Waals surface area contributed by atoms with E-state index in [1.165, 1.54) is 11.8 Å². The largest absolute Gasteiger partial charge is 0.480 e. The summed E-state index contributed by atoms with van der Waals surface area (Å²) in [5.41, 5.74) is 0.410. The minimum Gasteiger partial charge on any atom is -0.480 e. The third kappa shape index (κ3) is 3.73. The molecule has 1 atom stereocenters. The van der Waals surface area contributed by atoms with Crippen molar-refractivity contribution in [2.45, 2.75) is 30.8 Å². The van der Waals surface area contributed by atoms with Gasteiger partial charge in [-0.05, 0) is 24.8 Å². The monoisotopic (exact) mass is 268 g/mol. The smallest absolute Gasteiger partial charge is 0.326 e.